The van der Waals surface area contributed by atoms with Gasteiger partial charge in [-0.05, 0) is 40.5 Å². The molecule has 1 nitrogen and oxygen atoms in total. The maximum Gasteiger partial charge on any atom is 0.0798 e. The standard InChI is InChI=1S/C23H29N/c1-17(2)20-13-10-14-21(18(3)4)22(20)24-16-15-23(5,6)19-11-8-7-9-12-19/h7-15,17-18H,1-6H3. The largest absolute Gasteiger partial charge is 0.206 e. The second-order valence-electron chi connectivity index (χ2n) is 7.57. The van der Waals surface area contributed by atoms with Gasteiger partial charge in [-0.3, -0.25) is 0 Å². The Balaban J connectivity index is 2.44. The number of para-hydroxylation sites is 1. The van der Waals surface area contributed by atoms with Crippen molar-refractivity contribution in [3.05, 3.63) is 71.3 Å². The molecule has 2 aromatic rings. The predicted octanol–water partition coefficient (Wildman–Crippen LogP) is 6.77. The molecule has 126 valence electrons. The van der Waals surface area contributed by atoms with Crippen molar-refractivity contribution in [1.29, 1.82) is 0 Å². The highest BCUT2D eigenvalue weighted by Crippen LogP contribution is 2.34. The first-order valence-corrected chi connectivity index (χ1v) is 8.82. The molecule has 0 amide bonds. The van der Waals surface area contributed by atoms with E-state index in [1.54, 1.807) is 0 Å². The van der Waals surface area contributed by atoms with Crippen LogP contribution in [0.2, 0.25) is 0 Å². The summed E-state index contributed by atoms with van der Waals surface area (Å²) in [6.45, 7) is 13.3. The van der Waals surface area contributed by atoms with E-state index in [2.05, 4.69) is 96.0 Å². The number of hydrogen-bond donors (Lipinski definition) is 0. The van der Waals surface area contributed by atoms with E-state index in [1.165, 1.54) is 16.7 Å². The molecule has 0 fully saturated rings. The van der Waals surface area contributed by atoms with Crippen LogP contribution < -0.4 is 0 Å². The van der Waals surface area contributed by atoms with E-state index in [0.717, 1.165) is 5.69 Å². The minimum Gasteiger partial charge on any atom is -0.206 e. The first kappa shape index (κ1) is 18.2. The van der Waals surface area contributed by atoms with Crippen molar-refractivity contribution < 1.29 is 0 Å². The van der Waals surface area contributed by atoms with Crippen molar-refractivity contribution >= 4 is 11.6 Å². The highest BCUT2D eigenvalue weighted by atomic mass is 14.7. The third-order valence-electron chi connectivity index (χ3n) is 4.46. The van der Waals surface area contributed by atoms with Crippen LogP contribution in [-0.4, -0.2) is 5.87 Å². The van der Waals surface area contributed by atoms with E-state index >= 15 is 0 Å². The lowest BCUT2D eigenvalue weighted by Crippen LogP contribution is -2.13. The molecule has 0 heterocycles. The monoisotopic (exact) mass is 319 g/mol. The van der Waals surface area contributed by atoms with E-state index in [0.29, 0.717) is 11.8 Å². The third-order valence-corrected chi connectivity index (χ3v) is 4.46. The van der Waals surface area contributed by atoms with E-state index in [-0.39, 0.29) is 5.41 Å². The van der Waals surface area contributed by atoms with E-state index in [1.807, 2.05) is 6.07 Å². The Bertz CT molecular complexity index is 704. The van der Waals surface area contributed by atoms with Crippen molar-refractivity contribution in [2.24, 2.45) is 4.99 Å². The van der Waals surface area contributed by atoms with Crippen molar-refractivity contribution in [2.45, 2.75) is 58.8 Å². The van der Waals surface area contributed by atoms with Crippen LogP contribution in [0, 0.1) is 0 Å². The van der Waals surface area contributed by atoms with Gasteiger partial charge in [0.2, 0.25) is 0 Å². The Kier molecular flexibility index (Phi) is 5.80. The zero-order valence-electron chi connectivity index (χ0n) is 15.8. The number of aliphatic imine (C=N–C) groups is 1. The Hall–Kier alpha value is -2.11. The predicted molar refractivity (Wildman–Crippen MR) is 106 cm³/mol. The van der Waals surface area contributed by atoms with Gasteiger partial charge in [-0.15, -0.1) is 0 Å². The van der Waals surface area contributed by atoms with E-state index in [9.17, 15) is 0 Å². The first-order valence-electron chi connectivity index (χ1n) is 8.82. The van der Waals surface area contributed by atoms with Gasteiger partial charge >= 0.3 is 0 Å². The summed E-state index contributed by atoms with van der Waals surface area (Å²) in [5, 5.41) is 0. The molecule has 0 aliphatic heterocycles. The molecule has 24 heavy (non-hydrogen) atoms. The van der Waals surface area contributed by atoms with Gasteiger partial charge in [0, 0.05) is 5.41 Å². The molecule has 0 saturated carbocycles. The van der Waals surface area contributed by atoms with Gasteiger partial charge in [0.25, 0.3) is 0 Å². The molecule has 0 unspecified atom stereocenters. The molecule has 0 atom stereocenters. The van der Waals surface area contributed by atoms with Crippen LogP contribution in [0.25, 0.3) is 0 Å². The Morgan fingerprint density at radius 3 is 1.88 bits per heavy atom. The van der Waals surface area contributed by atoms with Crippen LogP contribution in [0.4, 0.5) is 5.69 Å². The minimum absolute atomic E-state index is 0.0878. The van der Waals surface area contributed by atoms with Crippen molar-refractivity contribution in [2.75, 3.05) is 0 Å². The Morgan fingerprint density at radius 2 is 1.38 bits per heavy atom. The molecule has 2 rings (SSSR count). The molecule has 0 aliphatic carbocycles. The topological polar surface area (TPSA) is 12.4 Å². The molecule has 1 heteroatoms. The number of benzene rings is 2. The fraction of sp³-hybridized carbons (Fsp3) is 0.391. The maximum absolute atomic E-state index is 4.75. The molecule has 0 bridgehead atoms. The fourth-order valence-electron chi connectivity index (χ4n) is 2.85. The second kappa shape index (κ2) is 7.64. The van der Waals surface area contributed by atoms with Crippen LogP contribution in [0.5, 0.6) is 0 Å². The lowest BCUT2D eigenvalue weighted by molar-refractivity contribution is 0.675. The summed E-state index contributed by atoms with van der Waals surface area (Å²) in [6.07, 6.45) is 2.07. The Morgan fingerprint density at radius 1 is 0.833 bits per heavy atom. The van der Waals surface area contributed by atoms with Gasteiger partial charge in [-0.1, -0.05) is 90.1 Å². The van der Waals surface area contributed by atoms with Crippen LogP contribution in [-0.2, 0) is 5.41 Å². The van der Waals surface area contributed by atoms with Gasteiger partial charge in [-0.25, -0.2) is 4.99 Å². The lowest BCUT2D eigenvalue weighted by atomic mass is 9.85. The summed E-state index contributed by atoms with van der Waals surface area (Å²) in [5.74, 6) is 4.13. The van der Waals surface area contributed by atoms with Crippen LogP contribution in [0.15, 0.2) is 59.6 Å². The van der Waals surface area contributed by atoms with Gasteiger partial charge in [-0.2, -0.15) is 0 Å². The average Bonchev–Trinajstić information content (AvgIpc) is 2.55. The summed E-state index contributed by atoms with van der Waals surface area (Å²) >= 11 is 0. The van der Waals surface area contributed by atoms with Gasteiger partial charge in [0.15, 0.2) is 0 Å². The minimum atomic E-state index is -0.0878. The van der Waals surface area contributed by atoms with Crippen LogP contribution in [0.3, 0.4) is 0 Å². The first-order chi connectivity index (χ1) is 11.3. The van der Waals surface area contributed by atoms with Crippen LogP contribution >= 0.6 is 0 Å². The summed E-state index contributed by atoms with van der Waals surface area (Å²) in [6, 6.07) is 17.0. The molecular weight excluding hydrogens is 290 g/mol. The van der Waals surface area contributed by atoms with E-state index < -0.39 is 0 Å². The summed E-state index contributed by atoms with van der Waals surface area (Å²) in [7, 11) is 0. The quantitative estimate of drug-likeness (QED) is 0.539. The molecular formula is C23H29N. The maximum atomic E-state index is 4.75. The number of nitrogens with zero attached hydrogens (tertiary/aromatic N) is 1. The molecule has 0 N–H and O–H groups in total. The normalized spacial score (nSPS) is 11.5. The summed E-state index contributed by atoms with van der Waals surface area (Å²) in [5.41, 5.74) is 4.85. The van der Waals surface area contributed by atoms with Gasteiger partial charge in [0.1, 0.15) is 0 Å². The number of rotatable bonds is 5. The summed E-state index contributed by atoms with van der Waals surface area (Å²) < 4.78 is 0. The number of hydrogen-bond acceptors (Lipinski definition) is 1. The van der Waals surface area contributed by atoms with E-state index in [4.69, 9.17) is 4.99 Å². The second-order valence-corrected chi connectivity index (χ2v) is 7.57. The molecule has 0 spiro atoms. The fourth-order valence-corrected chi connectivity index (χ4v) is 2.85. The third kappa shape index (κ3) is 4.24. The smallest absolute Gasteiger partial charge is 0.0798 e. The SMILES string of the molecule is CC(C)c1cccc(C(C)C)c1N=C=CC(C)(C)c1ccccc1. The summed E-state index contributed by atoms with van der Waals surface area (Å²) in [4.78, 5) is 4.75. The van der Waals surface area contributed by atoms with Gasteiger partial charge < -0.3 is 0 Å². The number of allylic oxidation sites excluding steroid dienone is 1. The lowest BCUT2D eigenvalue weighted by Gasteiger charge is -2.19. The van der Waals surface area contributed by atoms with Crippen LogP contribution in [0.1, 0.15) is 70.1 Å². The molecule has 2 aromatic carbocycles. The van der Waals surface area contributed by atoms with Gasteiger partial charge in [0.05, 0.1) is 5.69 Å². The van der Waals surface area contributed by atoms with Crippen molar-refractivity contribution in [1.82, 2.24) is 0 Å². The van der Waals surface area contributed by atoms with Crippen molar-refractivity contribution in [3.8, 4) is 0 Å². The zero-order chi connectivity index (χ0) is 17.7. The average molecular weight is 319 g/mol. The van der Waals surface area contributed by atoms with Crippen molar-refractivity contribution in [3.63, 3.8) is 0 Å². The molecule has 0 aliphatic rings. The molecule has 0 saturated heterocycles. The highest BCUT2D eigenvalue weighted by molar-refractivity contribution is 5.66. The Labute approximate surface area is 147 Å². The molecule has 0 radical (unpaired) electrons. The highest BCUT2D eigenvalue weighted by Gasteiger charge is 2.16. The zero-order valence-corrected chi connectivity index (χ0v) is 15.8. The molecule has 0 aromatic heterocycles.